The van der Waals surface area contributed by atoms with E-state index < -0.39 is 0 Å². The van der Waals surface area contributed by atoms with Gasteiger partial charge in [0, 0.05) is 17.4 Å². The fraction of sp³-hybridized carbons (Fsp3) is 0.600. The zero-order chi connectivity index (χ0) is 11.3. The highest BCUT2D eigenvalue weighted by atomic mass is 35.5. The van der Waals surface area contributed by atoms with E-state index >= 15 is 0 Å². The SMILES string of the molecule is CCc1c(Cl)ncnc1SC(C)CCO. The van der Waals surface area contributed by atoms with Crippen molar-refractivity contribution in [3.63, 3.8) is 0 Å². The summed E-state index contributed by atoms with van der Waals surface area (Å²) in [7, 11) is 0. The van der Waals surface area contributed by atoms with Crippen molar-refractivity contribution >= 4 is 23.4 Å². The van der Waals surface area contributed by atoms with Gasteiger partial charge in [-0.3, -0.25) is 0 Å². The van der Waals surface area contributed by atoms with Crippen LogP contribution in [-0.2, 0) is 6.42 Å². The molecule has 0 saturated carbocycles. The first kappa shape index (κ1) is 12.7. The van der Waals surface area contributed by atoms with Crippen molar-refractivity contribution in [3.8, 4) is 0 Å². The Bertz CT molecular complexity index is 322. The minimum atomic E-state index is 0.203. The van der Waals surface area contributed by atoms with Gasteiger partial charge in [0.05, 0.1) is 0 Å². The topological polar surface area (TPSA) is 46.0 Å². The van der Waals surface area contributed by atoms with Crippen LogP contribution in [0.1, 0.15) is 25.8 Å². The van der Waals surface area contributed by atoms with Crippen LogP contribution in [0.5, 0.6) is 0 Å². The smallest absolute Gasteiger partial charge is 0.136 e. The molecule has 1 N–H and O–H groups in total. The van der Waals surface area contributed by atoms with Crippen LogP contribution < -0.4 is 0 Å². The summed E-state index contributed by atoms with van der Waals surface area (Å²) in [6.45, 7) is 4.30. The third kappa shape index (κ3) is 3.63. The average Bonchev–Trinajstić information content (AvgIpc) is 2.18. The minimum Gasteiger partial charge on any atom is -0.396 e. The van der Waals surface area contributed by atoms with Crippen LogP contribution in [0.4, 0.5) is 0 Å². The van der Waals surface area contributed by atoms with Crippen LogP contribution >= 0.6 is 23.4 Å². The van der Waals surface area contributed by atoms with Crippen molar-refractivity contribution in [1.82, 2.24) is 9.97 Å². The Morgan fingerprint density at radius 1 is 1.53 bits per heavy atom. The van der Waals surface area contributed by atoms with Crippen LogP contribution in [0, 0.1) is 0 Å². The molecule has 15 heavy (non-hydrogen) atoms. The van der Waals surface area contributed by atoms with Crippen molar-refractivity contribution in [2.24, 2.45) is 0 Å². The zero-order valence-corrected chi connectivity index (χ0v) is 10.5. The molecule has 0 saturated heterocycles. The van der Waals surface area contributed by atoms with Gasteiger partial charge in [-0.05, 0) is 12.8 Å². The number of nitrogens with zero attached hydrogens (tertiary/aromatic N) is 2. The number of aromatic nitrogens is 2. The summed E-state index contributed by atoms with van der Waals surface area (Å²) in [5.41, 5.74) is 0.994. The van der Waals surface area contributed by atoms with Gasteiger partial charge in [0.15, 0.2) is 0 Å². The summed E-state index contributed by atoms with van der Waals surface area (Å²) >= 11 is 7.61. The van der Waals surface area contributed by atoms with E-state index in [0.29, 0.717) is 10.4 Å². The number of rotatable bonds is 5. The molecule has 84 valence electrons. The van der Waals surface area contributed by atoms with Gasteiger partial charge in [-0.1, -0.05) is 25.4 Å². The lowest BCUT2D eigenvalue weighted by Gasteiger charge is -2.11. The monoisotopic (exact) mass is 246 g/mol. The third-order valence-corrected chi connectivity index (χ3v) is 3.59. The second-order valence-electron chi connectivity index (χ2n) is 3.24. The van der Waals surface area contributed by atoms with Gasteiger partial charge in [0.2, 0.25) is 0 Å². The van der Waals surface area contributed by atoms with Crippen molar-refractivity contribution in [3.05, 3.63) is 17.0 Å². The second-order valence-corrected chi connectivity index (χ2v) is 5.03. The number of aliphatic hydroxyl groups excluding tert-OH is 1. The molecule has 5 heteroatoms. The molecule has 0 fully saturated rings. The van der Waals surface area contributed by atoms with Crippen LogP contribution in [0.25, 0.3) is 0 Å². The molecule has 0 aromatic carbocycles. The fourth-order valence-electron chi connectivity index (χ4n) is 1.21. The molecule has 1 aromatic rings. The molecule has 3 nitrogen and oxygen atoms in total. The van der Waals surface area contributed by atoms with Gasteiger partial charge < -0.3 is 5.11 Å². The van der Waals surface area contributed by atoms with Gasteiger partial charge >= 0.3 is 0 Å². The second kappa shape index (κ2) is 6.30. The number of thioether (sulfide) groups is 1. The molecule has 1 rings (SSSR count). The zero-order valence-electron chi connectivity index (χ0n) is 8.90. The van der Waals surface area contributed by atoms with Crippen LogP contribution in [-0.4, -0.2) is 26.9 Å². The first-order chi connectivity index (χ1) is 7.19. The summed E-state index contributed by atoms with van der Waals surface area (Å²) in [4.78, 5) is 8.17. The summed E-state index contributed by atoms with van der Waals surface area (Å²) in [5.74, 6) is 0. The maximum absolute atomic E-state index is 8.82. The standard InChI is InChI=1S/C10H15ClN2OS/c1-3-8-9(11)12-6-13-10(8)15-7(2)4-5-14/h6-7,14H,3-5H2,1-2H3. The first-order valence-electron chi connectivity index (χ1n) is 4.95. The Morgan fingerprint density at radius 2 is 2.27 bits per heavy atom. The summed E-state index contributed by atoms with van der Waals surface area (Å²) < 4.78 is 0. The van der Waals surface area contributed by atoms with E-state index in [1.807, 2.05) is 6.92 Å². The predicted molar refractivity (Wildman–Crippen MR) is 63.4 cm³/mol. The Labute approximate surface area is 99.3 Å². The third-order valence-electron chi connectivity index (χ3n) is 2.06. The highest BCUT2D eigenvalue weighted by Crippen LogP contribution is 2.29. The summed E-state index contributed by atoms with van der Waals surface area (Å²) in [6, 6.07) is 0. The molecule has 0 amide bonds. The van der Waals surface area contributed by atoms with Gasteiger partial charge in [0.1, 0.15) is 16.5 Å². The van der Waals surface area contributed by atoms with Gasteiger partial charge in [-0.2, -0.15) is 0 Å². The molecule has 1 heterocycles. The fourth-order valence-corrected chi connectivity index (χ4v) is 2.62. The molecule has 1 atom stereocenters. The van der Waals surface area contributed by atoms with E-state index in [1.54, 1.807) is 11.8 Å². The van der Waals surface area contributed by atoms with E-state index in [0.717, 1.165) is 23.4 Å². The van der Waals surface area contributed by atoms with E-state index in [1.165, 1.54) is 6.33 Å². The maximum Gasteiger partial charge on any atom is 0.136 e. The largest absolute Gasteiger partial charge is 0.396 e. The molecule has 1 aromatic heterocycles. The predicted octanol–water partition coefficient (Wildman–Crippen LogP) is 2.56. The Balaban J connectivity index is 2.80. The van der Waals surface area contributed by atoms with E-state index in [9.17, 15) is 0 Å². The van der Waals surface area contributed by atoms with Crippen LogP contribution in [0.15, 0.2) is 11.4 Å². The lowest BCUT2D eigenvalue weighted by Crippen LogP contribution is -2.02. The highest BCUT2D eigenvalue weighted by molar-refractivity contribution is 7.99. The van der Waals surface area contributed by atoms with E-state index in [2.05, 4.69) is 16.9 Å². The molecule has 0 aliphatic heterocycles. The molecule has 1 unspecified atom stereocenters. The number of aliphatic hydroxyl groups is 1. The van der Waals surface area contributed by atoms with Gasteiger partial charge in [-0.25, -0.2) is 9.97 Å². The highest BCUT2D eigenvalue weighted by Gasteiger charge is 2.11. The molecule has 0 bridgehead atoms. The molecule has 0 spiro atoms. The summed E-state index contributed by atoms with van der Waals surface area (Å²) in [5, 5.41) is 10.6. The van der Waals surface area contributed by atoms with Crippen LogP contribution in [0.2, 0.25) is 5.15 Å². The van der Waals surface area contributed by atoms with Crippen molar-refractivity contribution < 1.29 is 5.11 Å². The maximum atomic E-state index is 8.82. The first-order valence-corrected chi connectivity index (χ1v) is 6.21. The Hall–Kier alpha value is -0.320. The molecular formula is C10H15ClN2OS. The number of hydrogen-bond acceptors (Lipinski definition) is 4. The van der Waals surface area contributed by atoms with Gasteiger partial charge in [-0.15, -0.1) is 11.8 Å². The van der Waals surface area contributed by atoms with Crippen molar-refractivity contribution in [2.45, 2.75) is 37.0 Å². The molecule has 0 aliphatic rings. The Morgan fingerprint density at radius 3 is 2.87 bits per heavy atom. The quantitative estimate of drug-likeness (QED) is 0.641. The molecule has 0 aliphatic carbocycles. The lowest BCUT2D eigenvalue weighted by molar-refractivity contribution is 0.289. The molecule has 0 radical (unpaired) electrons. The minimum absolute atomic E-state index is 0.203. The van der Waals surface area contributed by atoms with Crippen molar-refractivity contribution in [1.29, 1.82) is 0 Å². The number of hydrogen-bond donors (Lipinski definition) is 1. The normalized spacial score (nSPS) is 12.8. The summed E-state index contributed by atoms with van der Waals surface area (Å²) in [6.07, 6.45) is 3.07. The lowest BCUT2D eigenvalue weighted by atomic mass is 10.3. The number of halogens is 1. The Kier molecular flexibility index (Phi) is 5.36. The van der Waals surface area contributed by atoms with E-state index in [4.69, 9.17) is 16.7 Å². The van der Waals surface area contributed by atoms with Gasteiger partial charge in [0.25, 0.3) is 0 Å². The van der Waals surface area contributed by atoms with Crippen LogP contribution in [0.3, 0.4) is 0 Å². The molecular weight excluding hydrogens is 232 g/mol. The van der Waals surface area contributed by atoms with Crippen molar-refractivity contribution in [2.75, 3.05) is 6.61 Å². The average molecular weight is 247 g/mol. The van der Waals surface area contributed by atoms with E-state index in [-0.39, 0.29) is 6.61 Å².